The van der Waals surface area contributed by atoms with E-state index in [0.29, 0.717) is 0 Å². The Kier molecular flexibility index (Phi) is 2.49. The van der Waals surface area contributed by atoms with E-state index in [9.17, 15) is 5.11 Å². The van der Waals surface area contributed by atoms with Gasteiger partial charge in [-0.1, -0.05) is 0 Å². The van der Waals surface area contributed by atoms with E-state index in [4.69, 9.17) is 4.74 Å². The summed E-state index contributed by atoms with van der Waals surface area (Å²) >= 11 is 0. The van der Waals surface area contributed by atoms with Gasteiger partial charge >= 0.3 is 0 Å². The van der Waals surface area contributed by atoms with E-state index in [1.54, 1.807) is 0 Å². The van der Waals surface area contributed by atoms with E-state index < -0.39 is 0 Å². The molecule has 0 saturated heterocycles. The molecule has 0 aliphatic heterocycles. The minimum atomic E-state index is -0.346. The topological polar surface area (TPSA) is 29.1 Å². The predicted octanol–water partition coefficient (Wildman–Crippen LogP) is 1.37. The second-order valence-corrected chi connectivity index (χ2v) is 2.51. The lowest BCUT2D eigenvalue weighted by Gasteiger charge is -2.06. The van der Waals surface area contributed by atoms with E-state index >= 15 is 0 Å². The molecule has 2 atom stereocenters. The maximum absolute atomic E-state index is 10.7. The molecule has 2 nitrogen and oxygen atoms in total. The molecule has 1 aliphatic rings. The van der Waals surface area contributed by atoms with Crippen LogP contribution in [0.15, 0.2) is 0 Å². The van der Waals surface area contributed by atoms with Gasteiger partial charge in [0.1, 0.15) is 0 Å². The molecular formula is C7H13O2. The third-order valence-corrected chi connectivity index (χ3v) is 1.74. The summed E-state index contributed by atoms with van der Waals surface area (Å²) in [6.45, 7) is 2.72. The largest absolute Gasteiger partial charge is 0.378 e. The molecule has 53 valence electrons. The van der Waals surface area contributed by atoms with Crippen LogP contribution in [0.25, 0.3) is 0 Å². The maximum Gasteiger partial charge on any atom is 0.0955 e. The van der Waals surface area contributed by atoms with Gasteiger partial charge in [0.05, 0.1) is 12.2 Å². The summed E-state index contributed by atoms with van der Waals surface area (Å²) in [5.74, 6) is 0. The number of ether oxygens (including phenoxy) is 1. The van der Waals surface area contributed by atoms with E-state index in [2.05, 4.69) is 0 Å². The average Bonchev–Trinajstić information content (AvgIpc) is 2.17. The van der Waals surface area contributed by atoms with Gasteiger partial charge in [0.2, 0.25) is 0 Å². The second-order valence-electron chi connectivity index (χ2n) is 2.51. The Bertz CT molecular complexity index is 81.0. The molecule has 1 fully saturated rings. The van der Waals surface area contributed by atoms with Gasteiger partial charge in [0.15, 0.2) is 0 Å². The highest BCUT2D eigenvalue weighted by atomic mass is 16.5. The summed E-state index contributed by atoms with van der Waals surface area (Å²) in [7, 11) is 0. The van der Waals surface area contributed by atoms with Crippen molar-refractivity contribution in [3.8, 4) is 0 Å². The van der Waals surface area contributed by atoms with Crippen LogP contribution < -0.4 is 0 Å². The first-order valence-electron chi connectivity index (χ1n) is 3.60. The molecular weight excluding hydrogens is 116 g/mol. The molecule has 0 heterocycles. The van der Waals surface area contributed by atoms with Crippen molar-refractivity contribution in [3.05, 3.63) is 0 Å². The van der Waals surface area contributed by atoms with Gasteiger partial charge in [0.25, 0.3) is 0 Å². The van der Waals surface area contributed by atoms with Crippen molar-refractivity contribution in [2.45, 2.75) is 38.4 Å². The first-order chi connectivity index (χ1) is 4.33. The fourth-order valence-electron chi connectivity index (χ4n) is 1.29. The van der Waals surface area contributed by atoms with E-state index in [0.717, 1.165) is 25.9 Å². The zero-order valence-corrected chi connectivity index (χ0v) is 5.80. The van der Waals surface area contributed by atoms with E-state index in [-0.39, 0.29) is 12.2 Å². The first kappa shape index (κ1) is 7.03. The Labute approximate surface area is 55.8 Å². The van der Waals surface area contributed by atoms with Crippen LogP contribution in [-0.2, 0) is 9.84 Å². The highest BCUT2D eigenvalue weighted by molar-refractivity contribution is 4.74. The van der Waals surface area contributed by atoms with Crippen molar-refractivity contribution in [1.29, 1.82) is 0 Å². The Morgan fingerprint density at radius 2 is 2.33 bits per heavy atom. The second kappa shape index (κ2) is 3.18. The molecule has 0 aromatic heterocycles. The molecule has 0 bridgehead atoms. The van der Waals surface area contributed by atoms with Crippen molar-refractivity contribution in [2.75, 3.05) is 6.61 Å². The summed E-state index contributed by atoms with van der Waals surface area (Å²) < 4.78 is 5.27. The third-order valence-electron chi connectivity index (χ3n) is 1.74. The van der Waals surface area contributed by atoms with Gasteiger partial charge in [0, 0.05) is 13.0 Å². The van der Waals surface area contributed by atoms with Crippen LogP contribution in [0.2, 0.25) is 0 Å². The van der Waals surface area contributed by atoms with Crippen LogP contribution in [0.3, 0.4) is 0 Å². The molecule has 1 rings (SSSR count). The summed E-state index contributed by atoms with van der Waals surface area (Å²) in [4.78, 5) is 0. The average molecular weight is 129 g/mol. The molecule has 0 aromatic carbocycles. The van der Waals surface area contributed by atoms with Crippen molar-refractivity contribution in [3.63, 3.8) is 0 Å². The zero-order chi connectivity index (χ0) is 6.69. The van der Waals surface area contributed by atoms with Crippen LogP contribution in [0.5, 0.6) is 0 Å². The predicted molar refractivity (Wildman–Crippen MR) is 33.7 cm³/mol. The van der Waals surface area contributed by atoms with Gasteiger partial charge in [-0.15, -0.1) is 0 Å². The van der Waals surface area contributed by atoms with Gasteiger partial charge in [-0.25, -0.2) is 5.11 Å². The molecule has 2 heteroatoms. The van der Waals surface area contributed by atoms with E-state index in [1.165, 1.54) is 0 Å². The summed E-state index contributed by atoms with van der Waals surface area (Å²) in [5.41, 5.74) is 0. The van der Waals surface area contributed by atoms with Crippen LogP contribution in [0.4, 0.5) is 0 Å². The van der Waals surface area contributed by atoms with Crippen molar-refractivity contribution >= 4 is 0 Å². The minimum absolute atomic E-state index is 0.275. The number of hydrogen-bond acceptors (Lipinski definition) is 1. The Morgan fingerprint density at radius 3 is 2.78 bits per heavy atom. The zero-order valence-electron chi connectivity index (χ0n) is 5.80. The van der Waals surface area contributed by atoms with Gasteiger partial charge in [-0.2, -0.15) is 0 Å². The molecule has 2 unspecified atom stereocenters. The molecule has 0 amide bonds. The summed E-state index contributed by atoms with van der Waals surface area (Å²) in [6.07, 6.45) is 2.44. The molecule has 9 heavy (non-hydrogen) atoms. The summed E-state index contributed by atoms with van der Waals surface area (Å²) in [5, 5.41) is 10.7. The fraction of sp³-hybridized carbons (Fsp3) is 1.00. The minimum Gasteiger partial charge on any atom is -0.378 e. The molecule has 0 spiro atoms. The van der Waals surface area contributed by atoms with Gasteiger partial charge in [-0.05, 0) is 19.8 Å². The number of hydrogen-bond donors (Lipinski definition) is 0. The highest BCUT2D eigenvalue weighted by Gasteiger charge is 2.23. The third kappa shape index (κ3) is 1.95. The van der Waals surface area contributed by atoms with Crippen LogP contribution in [0, 0.1) is 0 Å². The Hall–Kier alpha value is -0.0800. The highest BCUT2D eigenvalue weighted by Crippen LogP contribution is 2.21. The van der Waals surface area contributed by atoms with Crippen molar-refractivity contribution < 1.29 is 9.84 Å². The molecule has 1 saturated carbocycles. The van der Waals surface area contributed by atoms with Gasteiger partial charge in [-0.3, -0.25) is 0 Å². The quantitative estimate of drug-likeness (QED) is 0.553. The lowest BCUT2D eigenvalue weighted by molar-refractivity contribution is 0.0399. The SMILES string of the molecule is CCOC1CCC([O])C1. The fourth-order valence-corrected chi connectivity index (χ4v) is 1.29. The van der Waals surface area contributed by atoms with Crippen LogP contribution in [-0.4, -0.2) is 18.8 Å². The van der Waals surface area contributed by atoms with Crippen LogP contribution in [0.1, 0.15) is 26.2 Å². The Morgan fingerprint density at radius 1 is 1.56 bits per heavy atom. The first-order valence-corrected chi connectivity index (χ1v) is 3.60. The summed E-state index contributed by atoms with van der Waals surface area (Å²) in [6, 6.07) is 0. The normalized spacial score (nSPS) is 35.3. The lowest BCUT2D eigenvalue weighted by Crippen LogP contribution is -2.08. The van der Waals surface area contributed by atoms with E-state index in [1.807, 2.05) is 6.92 Å². The monoisotopic (exact) mass is 129 g/mol. The molecule has 0 aromatic rings. The lowest BCUT2D eigenvalue weighted by atomic mass is 10.3. The van der Waals surface area contributed by atoms with Crippen LogP contribution >= 0.6 is 0 Å². The molecule has 1 radical (unpaired) electrons. The smallest absolute Gasteiger partial charge is 0.0955 e. The van der Waals surface area contributed by atoms with Crippen molar-refractivity contribution in [1.82, 2.24) is 0 Å². The maximum atomic E-state index is 10.7. The molecule has 1 aliphatic carbocycles. The van der Waals surface area contributed by atoms with Crippen molar-refractivity contribution in [2.24, 2.45) is 0 Å². The Balaban J connectivity index is 2.14. The standard InChI is InChI=1S/C7H13O2/c1-2-9-7-4-3-6(8)5-7/h6-7H,2-5H2,1H3. The number of rotatable bonds is 2. The van der Waals surface area contributed by atoms with Gasteiger partial charge < -0.3 is 4.74 Å². The molecule has 0 N–H and O–H groups in total.